The number of carbonyl (C=O) groups is 1. The number of amides is 1. The molecule has 0 saturated carbocycles. The van der Waals surface area contributed by atoms with Crippen LogP contribution in [0.3, 0.4) is 0 Å². The van der Waals surface area contributed by atoms with Crippen LogP contribution >= 0.6 is 0 Å². The fourth-order valence-electron chi connectivity index (χ4n) is 4.82. The Morgan fingerprint density at radius 1 is 1.20 bits per heavy atom. The van der Waals surface area contributed by atoms with Crippen LogP contribution in [0.1, 0.15) is 23.7 Å². The Morgan fingerprint density at radius 3 is 2.83 bits per heavy atom. The summed E-state index contributed by atoms with van der Waals surface area (Å²) in [7, 11) is 0. The number of carbonyl (C=O) groups excluding carboxylic acids is 1. The van der Waals surface area contributed by atoms with E-state index in [0.717, 1.165) is 35.8 Å². The summed E-state index contributed by atoms with van der Waals surface area (Å²) < 4.78 is 6.77. The van der Waals surface area contributed by atoms with Gasteiger partial charge in [-0.2, -0.15) is 0 Å². The fourth-order valence-corrected chi connectivity index (χ4v) is 4.82. The topological polar surface area (TPSA) is 137 Å². The molecular weight excluding hydrogens is 444 g/mol. The number of nitrogens with one attached hydrogen (secondary N) is 2. The number of hydrogen-bond acceptors (Lipinski definition) is 8. The first kappa shape index (κ1) is 21.2. The number of aryl methyl sites for hydroxylation is 1. The van der Waals surface area contributed by atoms with Gasteiger partial charge in [-0.15, -0.1) is 0 Å². The van der Waals surface area contributed by atoms with Crippen LogP contribution in [0.5, 0.6) is 0 Å². The van der Waals surface area contributed by atoms with E-state index in [-0.39, 0.29) is 17.8 Å². The predicted octanol–water partition coefficient (Wildman–Crippen LogP) is 3.00. The standard InChI is InChI=1S/C25H24N8O2/c1-2-33-22-18(25(34)29-15-10-11-27-12-15)13-28-19(17-9-5-7-14-6-3-4-8-16(14)17)20(22)30-24(33)21-23(26)32-35-31-21/h3-9,13,15,27H,2,10-12H2,1H3,(H2,26,32)(H,29,34). The number of anilines is 1. The van der Waals surface area contributed by atoms with E-state index in [9.17, 15) is 4.79 Å². The summed E-state index contributed by atoms with van der Waals surface area (Å²) >= 11 is 0. The summed E-state index contributed by atoms with van der Waals surface area (Å²) in [6.45, 7) is 4.14. The first-order valence-corrected chi connectivity index (χ1v) is 11.6. The molecule has 1 unspecified atom stereocenters. The van der Waals surface area contributed by atoms with Gasteiger partial charge in [-0.3, -0.25) is 9.78 Å². The van der Waals surface area contributed by atoms with Crippen molar-refractivity contribution in [2.45, 2.75) is 25.9 Å². The maximum absolute atomic E-state index is 13.4. The Kier molecular flexibility index (Phi) is 5.14. The second kappa shape index (κ2) is 8.48. The van der Waals surface area contributed by atoms with Gasteiger partial charge < -0.3 is 20.9 Å². The molecule has 1 fully saturated rings. The minimum absolute atomic E-state index is 0.0724. The van der Waals surface area contributed by atoms with Crippen molar-refractivity contribution >= 4 is 33.5 Å². The van der Waals surface area contributed by atoms with Crippen molar-refractivity contribution in [3.05, 3.63) is 54.2 Å². The number of hydrogen-bond donors (Lipinski definition) is 3. The summed E-state index contributed by atoms with van der Waals surface area (Å²) in [6.07, 6.45) is 2.52. The van der Waals surface area contributed by atoms with E-state index in [2.05, 4.69) is 39.1 Å². The van der Waals surface area contributed by atoms with Gasteiger partial charge in [0.2, 0.25) is 0 Å². The highest BCUT2D eigenvalue weighted by molar-refractivity contribution is 6.10. The van der Waals surface area contributed by atoms with Crippen molar-refractivity contribution in [1.29, 1.82) is 0 Å². The number of imidazole rings is 1. The fraction of sp³-hybridized carbons (Fsp3) is 0.240. The van der Waals surface area contributed by atoms with Crippen molar-refractivity contribution in [2.24, 2.45) is 0 Å². The van der Waals surface area contributed by atoms with Gasteiger partial charge in [0.15, 0.2) is 17.3 Å². The summed E-state index contributed by atoms with van der Waals surface area (Å²) in [5, 5.41) is 16.2. The lowest BCUT2D eigenvalue weighted by Crippen LogP contribution is -2.36. The van der Waals surface area contributed by atoms with Gasteiger partial charge in [0, 0.05) is 30.9 Å². The van der Waals surface area contributed by atoms with Gasteiger partial charge in [-0.25, -0.2) is 9.61 Å². The predicted molar refractivity (Wildman–Crippen MR) is 133 cm³/mol. The van der Waals surface area contributed by atoms with E-state index in [0.29, 0.717) is 40.4 Å². The van der Waals surface area contributed by atoms with E-state index < -0.39 is 0 Å². The summed E-state index contributed by atoms with van der Waals surface area (Å²) in [6, 6.07) is 14.3. The normalized spacial score (nSPS) is 15.7. The minimum atomic E-state index is -0.187. The Bertz CT molecular complexity index is 1560. The molecule has 4 N–H and O–H groups in total. The lowest BCUT2D eigenvalue weighted by atomic mass is 10.0. The molecule has 2 aromatic carbocycles. The lowest BCUT2D eigenvalue weighted by molar-refractivity contribution is 0.0941. The molecule has 10 nitrogen and oxygen atoms in total. The van der Waals surface area contributed by atoms with Crippen LogP contribution in [0.2, 0.25) is 0 Å². The summed E-state index contributed by atoms with van der Waals surface area (Å²) in [4.78, 5) is 23.1. The van der Waals surface area contributed by atoms with Crippen molar-refractivity contribution in [2.75, 3.05) is 18.8 Å². The van der Waals surface area contributed by atoms with Crippen LogP contribution in [0.4, 0.5) is 5.82 Å². The zero-order valence-corrected chi connectivity index (χ0v) is 19.2. The van der Waals surface area contributed by atoms with Crippen molar-refractivity contribution < 1.29 is 9.42 Å². The third-order valence-electron chi connectivity index (χ3n) is 6.50. The molecule has 0 spiro atoms. The Labute approximate surface area is 200 Å². The van der Waals surface area contributed by atoms with Gasteiger partial charge in [-0.1, -0.05) is 42.5 Å². The molecule has 0 radical (unpaired) electrons. The Morgan fingerprint density at radius 2 is 2.06 bits per heavy atom. The molecule has 0 aliphatic carbocycles. The molecule has 0 bridgehead atoms. The van der Waals surface area contributed by atoms with E-state index in [1.807, 2.05) is 35.8 Å². The molecule has 6 rings (SSSR count). The first-order valence-electron chi connectivity index (χ1n) is 11.6. The molecule has 5 aromatic rings. The first-order chi connectivity index (χ1) is 17.2. The highest BCUT2D eigenvalue weighted by Crippen LogP contribution is 2.36. The molecule has 10 heteroatoms. The molecule has 1 atom stereocenters. The van der Waals surface area contributed by atoms with E-state index in [1.54, 1.807) is 6.20 Å². The van der Waals surface area contributed by atoms with Gasteiger partial charge in [0.25, 0.3) is 5.91 Å². The SMILES string of the molecule is CCn1c(-c2nonc2N)nc2c(-c3cccc4ccccc34)ncc(C(=O)NC3CCNC3)c21. The third-order valence-corrected chi connectivity index (χ3v) is 6.50. The molecule has 35 heavy (non-hydrogen) atoms. The number of fused-ring (bicyclic) bond motifs is 2. The van der Waals surface area contributed by atoms with Gasteiger partial charge >= 0.3 is 0 Å². The largest absolute Gasteiger partial charge is 0.379 e. The highest BCUT2D eigenvalue weighted by atomic mass is 16.6. The zero-order chi connectivity index (χ0) is 23.9. The van der Waals surface area contributed by atoms with Crippen LogP contribution in [0, 0.1) is 0 Å². The van der Waals surface area contributed by atoms with Gasteiger partial charge in [0.1, 0.15) is 5.52 Å². The maximum Gasteiger partial charge on any atom is 0.255 e. The Balaban J connectivity index is 1.62. The number of aromatic nitrogens is 5. The van der Waals surface area contributed by atoms with Crippen LogP contribution < -0.4 is 16.4 Å². The molecule has 176 valence electrons. The summed E-state index contributed by atoms with van der Waals surface area (Å²) in [5.41, 5.74) is 9.68. The van der Waals surface area contributed by atoms with Crippen LogP contribution in [-0.4, -0.2) is 49.9 Å². The zero-order valence-electron chi connectivity index (χ0n) is 19.2. The van der Waals surface area contributed by atoms with Crippen LogP contribution in [-0.2, 0) is 6.54 Å². The Hall–Kier alpha value is -4.31. The molecule has 1 saturated heterocycles. The third kappa shape index (κ3) is 3.50. The van der Waals surface area contributed by atoms with E-state index >= 15 is 0 Å². The smallest absolute Gasteiger partial charge is 0.255 e. The van der Waals surface area contributed by atoms with Crippen molar-refractivity contribution in [1.82, 2.24) is 35.5 Å². The highest BCUT2D eigenvalue weighted by Gasteiger charge is 2.27. The van der Waals surface area contributed by atoms with E-state index in [1.165, 1.54) is 0 Å². The summed E-state index contributed by atoms with van der Waals surface area (Å²) in [5.74, 6) is 0.429. The number of rotatable bonds is 5. The molecule has 1 aliphatic heterocycles. The number of pyridine rings is 1. The molecule has 4 heterocycles. The number of benzene rings is 2. The number of nitrogens with two attached hydrogens (primary N) is 1. The molecule has 1 amide bonds. The molecule has 1 aliphatic rings. The average Bonchev–Trinajstić information content (AvgIpc) is 3.63. The number of nitrogens with zero attached hydrogens (tertiary/aromatic N) is 5. The monoisotopic (exact) mass is 468 g/mol. The molecule has 3 aromatic heterocycles. The number of nitrogen functional groups attached to an aromatic ring is 1. The second-order valence-electron chi connectivity index (χ2n) is 8.59. The van der Waals surface area contributed by atoms with Crippen LogP contribution in [0.25, 0.3) is 44.6 Å². The maximum atomic E-state index is 13.4. The quantitative estimate of drug-likeness (QED) is 0.358. The van der Waals surface area contributed by atoms with Crippen molar-refractivity contribution in [3.8, 4) is 22.8 Å². The lowest BCUT2D eigenvalue weighted by Gasteiger charge is -2.14. The average molecular weight is 469 g/mol. The second-order valence-corrected chi connectivity index (χ2v) is 8.59. The van der Waals surface area contributed by atoms with Crippen LogP contribution in [0.15, 0.2) is 53.3 Å². The van der Waals surface area contributed by atoms with Crippen molar-refractivity contribution in [3.63, 3.8) is 0 Å². The van der Waals surface area contributed by atoms with Gasteiger partial charge in [0.05, 0.1) is 16.8 Å². The van der Waals surface area contributed by atoms with Gasteiger partial charge in [-0.05, 0) is 41.0 Å². The molecular formula is C25H24N8O2. The minimum Gasteiger partial charge on any atom is -0.379 e. The van der Waals surface area contributed by atoms with E-state index in [4.69, 9.17) is 20.3 Å².